The lowest BCUT2D eigenvalue weighted by Gasteiger charge is -2.37. The van der Waals surface area contributed by atoms with Gasteiger partial charge in [-0.05, 0) is 37.3 Å². The molecule has 0 saturated carbocycles. The molecule has 2 aromatic rings. The molecule has 3 amide bonds. The molecule has 0 bridgehead atoms. The Morgan fingerprint density at radius 1 is 1.31 bits per heavy atom. The monoisotopic (exact) mass is 532 g/mol. The normalized spacial score (nSPS) is 17.7. The number of urea groups is 1. The molecule has 0 aliphatic carbocycles. The maximum absolute atomic E-state index is 13.1. The minimum atomic E-state index is -4.92. The van der Waals surface area contributed by atoms with E-state index in [2.05, 4.69) is 5.32 Å². The average Bonchev–Trinajstić information content (AvgIpc) is 2.73. The largest absolute Gasteiger partial charge is 0.726 e. The number of carbonyl (C=O) groups excluding carboxylic acids is 2. The van der Waals surface area contributed by atoms with Gasteiger partial charge in [-0.15, -0.1) is 0 Å². The number of quaternary nitrogens is 1. The molecule has 5 N–H and O–H groups in total. The molecule has 2 atom stereocenters. The molecule has 11 nitrogen and oxygen atoms in total. The number of carbonyl (C=O) groups is 2. The fourth-order valence-electron chi connectivity index (χ4n) is 3.63. The van der Waals surface area contributed by atoms with Gasteiger partial charge in [0, 0.05) is 10.6 Å². The van der Waals surface area contributed by atoms with Gasteiger partial charge in [-0.2, -0.15) is 0 Å². The summed E-state index contributed by atoms with van der Waals surface area (Å²) >= 11 is 5.94. The number of halogens is 2. The smallest absolute Gasteiger partial charge is 0.316 e. The zero-order valence-corrected chi connectivity index (χ0v) is 20.3. The first kappa shape index (κ1) is 28.3. The number of nitrogens with zero attached hydrogens (tertiary/aromatic N) is 1. The van der Waals surface area contributed by atoms with Crippen LogP contribution < -0.4 is 20.7 Å². The minimum Gasteiger partial charge on any atom is -0.726 e. The lowest BCUT2D eigenvalue weighted by atomic mass is 10.1. The van der Waals surface area contributed by atoms with Crippen LogP contribution in [0.25, 0.3) is 0 Å². The molecule has 1 unspecified atom stereocenters. The average molecular weight is 533 g/mol. The Balaban J connectivity index is 0.000000784. The van der Waals surface area contributed by atoms with Gasteiger partial charge in [0.05, 0.1) is 31.4 Å². The van der Waals surface area contributed by atoms with Crippen LogP contribution in [-0.4, -0.2) is 66.6 Å². The van der Waals surface area contributed by atoms with Crippen molar-refractivity contribution in [2.45, 2.75) is 19.5 Å². The highest BCUT2D eigenvalue weighted by molar-refractivity contribution is 7.79. The second-order valence-electron chi connectivity index (χ2n) is 7.79. The molecule has 3 rings (SSSR count). The summed E-state index contributed by atoms with van der Waals surface area (Å²) in [5.41, 5.74) is 6.54. The molecule has 0 radical (unpaired) electrons. The van der Waals surface area contributed by atoms with E-state index in [0.29, 0.717) is 23.0 Å². The first-order valence-electron chi connectivity index (χ1n) is 10.4. The number of ether oxygens (including phenoxy) is 1. The van der Waals surface area contributed by atoms with E-state index in [9.17, 15) is 14.0 Å². The third-order valence-corrected chi connectivity index (χ3v) is 5.30. The van der Waals surface area contributed by atoms with E-state index < -0.39 is 16.4 Å². The number of piperazine rings is 1. The topological polar surface area (TPSA) is 167 Å². The van der Waals surface area contributed by atoms with Crippen LogP contribution in [0.1, 0.15) is 12.5 Å². The number of amides is 3. The Bertz CT molecular complexity index is 1130. The zero-order chi connectivity index (χ0) is 26.2. The van der Waals surface area contributed by atoms with Crippen LogP contribution in [0.15, 0.2) is 42.5 Å². The molecule has 1 aliphatic heterocycles. The van der Waals surface area contributed by atoms with E-state index in [-0.39, 0.29) is 24.4 Å². The molecular weight excluding hydrogens is 507 g/mol. The summed E-state index contributed by atoms with van der Waals surface area (Å²) < 4.78 is 51.5. The van der Waals surface area contributed by atoms with Crippen molar-refractivity contribution in [3.05, 3.63) is 58.9 Å². The molecule has 192 valence electrons. The molecule has 1 aliphatic rings. The van der Waals surface area contributed by atoms with Crippen LogP contribution in [0.2, 0.25) is 5.02 Å². The first-order valence-corrected chi connectivity index (χ1v) is 12.1. The molecule has 1 heterocycles. The predicted molar refractivity (Wildman–Crippen MR) is 124 cm³/mol. The number of hydrogen-bond acceptors (Lipinski definition) is 6. The fraction of sp³-hybridized carbons (Fsp3) is 0.333. The van der Waals surface area contributed by atoms with Gasteiger partial charge in [0.1, 0.15) is 18.1 Å². The molecule has 2 aromatic carbocycles. The molecule has 0 aromatic heterocycles. The Hall–Kier alpha value is -2.97. The summed E-state index contributed by atoms with van der Waals surface area (Å²) in [6.07, 6.45) is 0. The van der Waals surface area contributed by atoms with Crippen molar-refractivity contribution >= 4 is 39.6 Å². The summed E-state index contributed by atoms with van der Waals surface area (Å²) in [7, 11) is -4.92. The van der Waals surface area contributed by atoms with Gasteiger partial charge in [-0.1, -0.05) is 23.7 Å². The number of rotatable bonds is 6. The number of benzene rings is 2. The SMILES string of the molecule is C[C@@H]1C[NH+](Cc2ccc(F)cc2)CCN1C(=O)COc1ccc(Cl)cc1NC(N)=O.O=S(=O)([O-])O. The highest BCUT2D eigenvalue weighted by atomic mass is 35.5. The highest BCUT2D eigenvalue weighted by Crippen LogP contribution is 2.28. The van der Waals surface area contributed by atoms with Gasteiger partial charge in [-0.25, -0.2) is 17.6 Å². The Morgan fingerprint density at radius 2 is 1.94 bits per heavy atom. The van der Waals surface area contributed by atoms with Crippen molar-refractivity contribution in [1.82, 2.24) is 4.90 Å². The number of primary amides is 1. The quantitative estimate of drug-likeness (QED) is 0.313. The van der Waals surface area contributed by atoms with Gasteiger partial charge < -0.3 is 30.1 Å². The van der Waals surface area contributed by atoms with Gasteiger partial charge in [0.2, 0.25) is 10.4 Å². The Labute approximate surface area is 207 Å². The fourth-order valence-corrected chi connectivity index (χ4v) is 3.80. The molecular formula is C21H26ClFN4O7S. The van der Waals surface area contributed by atoms with Crippen molar-refractivity contribution in [3.63, 3.8) is 0 Å². The van der Waals surface area contributed by atoms with Crippen LogP contribution in [0.4, 0.5) is 14.9 Å². The van der Waals surface area contributed by atoms with E-state index in [1.54, 1.807) is 29.2 Å². The summed E-state index contributed by atoms with van der Waals surface area (Å²) in [4.78, 5) is 27.0. The zero-order valence-electron chi connectivity index (χ0n) is 18.7. The van der Waals surface area contributed by atoms with Crippen molar-refractivity contribution in [2.75, 3.05) is 31.6 Å². The third-order valence-electron chi connectivity index (χ3n) is 5.06. The number of nitrogens with two attached hydrogens (primary N) is 1. The van der Waals surface area contributed by atoms with Crippen molar-refractivity contribution < 1.29 is 41.1 Å². The van der Waals surface area contributed by atoms with E-state index in [4.69, 9.17) is 39.6 Å². The van der Waals surface area contributed by atoms with Crippen LogP contribution >= 0.6 is 11.6 Å². The molecule has 1 saturated heterocycles. The lowest BCUT2D eigenvalue weighted by molar-refractivity contribution is -0.920. The maximum atomic E-state index is 13.1. The van der Waals surface area contributed by atoms with E-state index >= 15 is 0 Å². The second-order valence-corrected chi connectivity index (χ2v) is 9.08. The van der Waals surface area contributed by atoms with Crippen LogP contribution in [0.3, 0.4) is 0 Å². The summed E-state index contributed by atoms with van der Waals surface area (Å²) in [5, 5.41) is 2.85. The van der Waals surface area contributed by atoms with Gasteiger partial charge in [-0.3, -0.25) is 9.35 Å². The molecule has 0 spiro atoms. The first-order chi connectivity index (χ1) is 16.3. The molecule has 14 heteroatoms. The van der Waals surface area contributed by atoms with Crippen LogP contribution in [0, 0.1) is 5.82 Å². The van der Waals surface area contributed by atoms with E-state index in [1.807, 2.05) is 6.92 Å². The molecule has 1 fully saturated rings. The van der Waals surface area contributed by atoms with Crippen molar-refractivity contribution in [1.29, 1.82) is 0 Å². The minimum absolute atomic E-state index is 0.0405. The maximum Gasteiger partial charge on any atom is 0.316 e. The molecule has 35 heavy (non-hydrogen) atoms. The van der Waals surface area contributed by atoms with Crippen LogP contribution in [-0.2, 0) is 21.7 Å². The third kappa shape index (κ3) is 10.4. The van der Waals surface area contributed by atoms with Gasteiger partial charge >= 0.3 is 6.03 Å². The summed E-state index contributed by atoms with van der Waals surface area (Å²) in [5.74, 6) is -0.0597. The number of hydrogen-bond donors (Lipinski definition) is 4. The van der Waals surface area contributed by atoms with Crippen molar-refractivity contribution in [3.8, 4) is 5.75 Å². The number of nitrogens with one attached hydrogen (secondary N) is 2. The highest BCUT2D eigenvalue weighted by Gasteiger charge is 2.30. The second kappa shape index (κ2) is 12.7. The lowest BCUT2D eigenvalue weighted by Crippen LogP contribution is -3.14. The Kier molecular flexibility index (Phi) is 10.2. The van der Waals surface area contributed by atoms with E-state index in [0.717, 1.165) is 25.2 Å². The Morgan fingerprint density at radius 3 is 2.51 bits per heavy atom. The predicted octanol–water partition coefficient (Wildman–Crippen LogP) is 0.669. The van der Waals surface area contributed by atoms with E-state index in [1.165, 1.54) is 23.1 Å². The standard InChI is InChI=1S/C21H24ClFN4O3.H2O4S/c1-14-11-26(12-15-2-5-17(23)6-3-15)8-9-27(14)20(28)13-30-19-7-4-16(22)10-18(19)25-21(24)29;1-5(2,3)4/h2-7,10,14H,8-9,11-13H2,1H3,(H3,24,25,29);(H2,1,2,3,4)/t14-;/m1./s1. The number of anilines is 1. The van der Waals surface area contributed by atoms with Crippen LogP contribution in [0.5, 0.6) is 5.75 Å². The van der Waals surface area contributed by atoms with Crippen molar-refractivity contribution in [2.24, 2.45) is 5.73 Å². The van der Waals surface area contributed by atoms with Gasteiger partial charge in [0.25, 0.3) is 5.91 Å². The summed E-state index contributed by atoms with van der Waals surface area (Å²) in [6, 6.07) is 10.5. The van der Waals surface area contributed by atoms with Gasteiger partial charge in [0.15, 0.2) is 6.61 Å². The summed E-state index contributed by atoms with van der Waals surface area (Å²) in [6.45, 7) is 4.82.